The largest absolute Gasteiger partial charge is 0.529 e. The molecule has 0 radical (unpaired) electrons. The van der Waals surface area contributed by atoms with Crippen LogP contribution in [0.1, 0.15) is 19.3 Å². The lowest BCUT2D eigenvalue weighted by molar-refractivity contribution is -0.650. The van der Waals surface area contributed by atoms with Crippen molar-refractivity contribution in [2.24, 2.45) is 0 Å². The first-order valence-corrected chi connectivity index (χ1v) is 6.38. The molecule has 1 N–H and O–H groups in total. The van der Waals surface area contributed by atoms with Crippen LogP contribution in [0.25, 0.3) is 0 Å². The van der Waals surface area contributed by atoms with Crippen LogP contribution in [0.5, 0.6) is 0 Å². The summed E-state index contributed by atoms with van der Waals surface area (Å²) in [6.07, 6.45) is -18.8. The first-order valence-electron chi connectivity index (χ1n) is 6.38. The standard InChI is InChI=1S/C10H10F8O8/c11-5(12)22-7(2-1-3-7)25-26-10(23-6(19)20,24-9(16,17)18)21-4-8(13,14)15/h5H,1-4H2,(H,19,20). The number of halogens is 8. The number of ether oxygens (including phenoxy) is 4. The molecule has 16 heteroatoms. The van der Waals surface area contributed by atoms with Gasteiger partial charge in [-0.2, -0.15) is 31.6 Å². The fourth-order valence-electron chi connectivity index (χ4n) is 1.53. The van der Waals surface area contributed by atoms with Gasteiger partial charge in [-0.1, -0.05) is 0 Å². The maximum atomic E-state index is 12.4. The summed E-state index contributed by atoms with van der Waals surface area (Å²) in [4.78, 5) is 18.4. The summed E-state index contributed by atoms with van der Waals surface area (Å²) in [6, 6.07) is 0. The number of alkyl halides is 8. The first kappa shape index (κ1) is 22.6. The van der Waals surface area contributed by atoms with Crippen LogP contribution in [0, 0.1) is 0 Å². The predicted molar refractivity (Wildman–Crippen MR) is 56.8 cm³/mol. The van der Waals surface area contributed by atoms with Crippen molar-refractivity contribution in [2.45, 2.75) is 50.4 Å². The summed E-state index contributed by atoms with van der Waals surface area (Å²) in [5.74, 6) is -2.36. The van der Waals surface area contributed by atoms with E-state index in [-0.39, 0.29) is 19.3 Å². The fourth-order valence-corrected chi connectivity index (χ4v) is 1.53. The minimum absolute atomic E-state index is 0.173. The van der Waals surface area contributed by atoms with Crippen LogP contribution in [-0.4, -0.2) is 49.0 Å². The lowest BCUT2D eigenvalue weighted by atomic mass is 9.91. The third-order valence-corrected chi connectivity index (χ3v) is 2.58. The zero-order chi connectivity index (χ0) is 20.2. The average molecular weight is 410 g/mol. The normalized spacial score (nSPS) is 19.7. The van der Waals surface area contributed by atoms with Gasteiger partial charge in [0, 0.05) is 12.8 Å². The van der Waals surface area contributed by atoms with E-state index >= 15 is 0 Å². The average Bonchev–Trinajstić information content (AvgIpc) is 2.35. The molecule has 154 valence electrons. The highest BCUT2D eigenvalue weighted by Crippen LogP contribution is 2.41. The number of carboxylic acid groups (broad SMARTS) is 1. The molecule has 0 aromatic carbocycles. The van der Waals surface area contributed by atoms with E-state index in [2.05, 4.69) is 28.7 Å². The third-order valence-electron chi connectivity index (χ3n) is 2.58. The van der Waals surface area contributed by atoms with Gasteiger partial charge >= 0.3 is 31.5 Å². The predicted octanol–water partition coefficient (Wildman–Crippen LogP) is 3.48. The Kier molecular flexibility index (Phi) is 6.97. The van der Waals surface area contributed by atoms with Crippen molar-refractivity contribution in [1.82, 2.24) is 0 Å². The SMILES string of the molecule is O=C(O)OC(OCC(F)(F)F)(OOC1(OC(F)F)CCC1)OC(F)(F)F. The zero-order valence-electron chi connectivity index (χ0n) is 12.2. The molecular weight excluding hydrogens is 400 g/mol. The van der Waals surface area contributed by atoms with Crippen molar-refractivity contribution in [3.05, 3.63) is 0 Å². The van der Waals surface area contributed by atoms with Gasteiger partial charge in [0.25, 0.3) is 0 Å². The van der Waals surface area contributed by atoms with E-state index in [0.29, 0.717) is 0 Å². The van der Waals surface area contributed by atoms with E-state index in [1.807, 2.05) is 0 Å². The van der Waals surface area contributed by atoms with Gasteiger partial charge in [-0.25, -0.2) is 4.79 Å². The Balaban J connectivity index is 3.00. The van der Waals surface area contributed by atoms with E-state index in [9.17, 15) is 39.9 Å². The monoisotopic (exact) mass is 410 g/mol. The van der Waals surface area contributed by atoms with Crippen molar-refractivity contribution < 1.29 is 73.7 Å². The molecule has 1 fully saturated rings. The highest BCUT2D eigenvalue weighted by Gasteiger charge is 2.56. The van der Waals surface area contributed by atoms with Crippen LogP contribution >= 0.6 is 0 Å². The van der Waals surface area contributed by atoms with Crippen molar-refractivity contribution in [1.29, 1.82) is 0 Å². The van der Waals surface area contributed by atoms with Crippen LogP contribution < -0.4 is 0 Å². The molecule has 1 saturated carbocycles. The third kappa shape index (κ3) is 7.81. The molecular formula is C10H10F8O8. The molecule has 0 aromatic rings. The van der Waals surface area contributed by atoms with Gasteiger partial charge in [0.2, 0.25) is 5.79 Å². The summed E-state index contributed by atoms with van der Waals surface area (Å²) in [7, 11) is 0. The van der Waals surface area contributed by atoms with E-state index in [1.54, 1.807) is 0 Å². The Morgan fingerprint density at radius 3 is 2.04 bits per heavy atom. The second-order valence-corrected chi connectivity index (χ2v) is 4.63. The smallest absolute Gasteiger partial charge is 0.450 e. The second-order valence-electron chi connectivity index (χ2n) is 4.63. The Labute approximate surface area is 138 Å². The molecule has 1 aliphatic carbocycles. The van der Waals surface area contributed by atoms with Crippen molar-refractivity contribution in [2.75, 3.05) is 6.61 Å². The van der Waals surface area contributed by atoms with Gasteiger partial charge in [0.05, 0.1) is 0 Å². The van der Waals surface area contributed by atoms with E-state index in [4.69, 9.17) is 5.11 Å². The van der Waals surface area contributed by atoms with Crippen molar-refractivity contribution in [3.63, 3.8) is 0 Å². The zero-order valence-corrected chi connectivity index (χ0v) is 12.2. The molecule has 0 spiro atoms. The lowest BCUT2D eigenvalue weighted by Crippen LogP contribution is -2.53. The highest BCUT2D eigenvalue weighted by atomic mass is 19.4. The maximum absolute atomic E-state index is 12.4. The molecule has 0 heterocycles. The topological polar surface area (TPSA) is 92.7 Å². The highest BCUT2D eigenvalue weighted by molar-refractivity contribution is 5.57. The van der Waals surface area contributed by atoms with Gasteiger partial charge < -0.3 is 9.84 Å². The van der Waals surface area contributed by atoms with E-state index in [0.717, 1.165) is 0 Å². The molecule has 26 heavy (non-hydrogen) atoms. The molecule has 0 aliphatic heterocycles. The molecule has 1 atom stereocenters. The molecule has 8 nitrogen and oxygen atoms in total. The van der Waals surface area contributed by atoms with Crippen LogP contribution in [0.15, 0.2) is 0 Å². The Hall–Kier alpha value is -1.49. The minimum atomic E-state index is -5.85. The summed E-state index contributed by atoms with van der Waals surface area (Å²) in [5.41, 5.74) is 0. The second kappa shape index (κ2) is 8.03. The molecule has 1 unspecified atom stereocenters. The van der Waals surface area contributed by atoms with Crippen molar-refractivity contribution in [3.8, 4) is 0 Å². The Morgan fingerprint density at radius 1 is 1.12 bits per heavy atom. The number of carbonyl (C=O) groups is 1. The van der Waals surface area contributed by atoms with Gasteiger partial charge in [0.1, 0.15) is 0 Å². The fraction of sp³-hybridized carbons (Fsp3) is 0.900. The van der Waals surface area contributed by atoms with Crippen LogP contribution in [-0.2, 0) is 28.7 Å². The Bertz CT molecular complexity index is 477. The number of hydrogen-bond acceptors (Lipinski definition) is 7. The molecule has 0 saturated heterocycles. The van der Waals surface area contributed by atoms with Gasteiger partial charge in [0.15, 0.2) is 6.61 Å². The van der Waals surface area contributed by atoms with Gasteiger partial charge in [-0.3, -0.25) is 9.47 Å². The number of hydrogen-bond donors (Lipinski definition) is 1. The minimum Gasteiger partial charge on any atom is -0.450 e. The Morgan fingerprint density at radius 2 is 1.69 bits per heavy atom. The lowest BCUT2D eigenvalue weighted by Gasteiger charge is -2.40. The molecule has 0 aromatic heterocycles. The molecule has 0 bridgehead atoms. The van der Waals surface area contributed by atoms with Crippen LogP contribution in [0.2, 0.25) is 0 Å². The summed E-state index contributed by atoms with van der Waals surface area (Å²) in [6.45, 7) is -6.03. The van der Waals surface area contributed by atoms with E-state index in [1.165, 1.54) is 0 Å². The van der Waals surface area contributed by atoms with Gasteiger partial charge in [-0.15, -0.1) is 18.1 Å². The summed E-state index contributed by atoms with van der Waals surface area (Å²) in [5, 5.41) is 8.40. The first-order chi connectivity index (χ1) is 11.7. The van der Waals surface area contributed by atoms with Crippen LogP contribution in [0.3, 0.4) is 0 Å². The quantitative estimate of drug-likeness (QED) is 0.203. The number of rotatable bonds is 9. The van der Waals surface area contributed by atoms with E-state index < -0.39 is 43.9 Å². The van der Waals surface area contributed by atoms with Gasteiger partial charge in [-0.05, 0) is 6.42 Å². The maximum Gasteiger partial charge on any atom is 0.529 e. The van der Waals surface area contributed by atoms with Crippen LogP contribution in [0.4, 0.5) is 39.9 Å². The molecule has 1 rings (SSSR count). The summed E-state index contributed by atoms with van der Waals surface area (Å²) < 4.78 is 112. The van der Waals surface area contributed by atoms with Crippen molar-refractivity contribution >= 4 is 6.16 Å². The summed E-state index contributed by atoms with van der Waals surface area (Å²) >= 11 is 0. The molecule has 1 aliphatic rings. The molecule has 0 amide bonds.